The summed E-state index contributed by atoms with van der Waals surface area (Å²) in [5.74, 6) is -1.35. The van der Waals surface area contributed by atoms with Crippen LogP contribution in [0.2, 0.25) is 0 Å². The molecule has 19 heteroatoms. The summed E-state index contributed by atoms with van der Waals surface area (Å²) in [6, 6.07) is 20.6. The highest BCUT2D eigenvalue weighted by Crippen LogP contribution is 2.39. The second-order valence-electron chi connectivity index (χ2n) is 16.9. The first kappa shape index (κ1) is 40.6. The minimum absolute atomic E-state index is 0.127. The molecule has 0 spiro atoms. The molecule has 0 saturated carbocycles. The molecule has 0 unspecified atom stereocenters. The molecule has 0 aliphatic carbocycles. The summed E-state index contributed by atoms with van der Waals surface area (Å²) in [6.45, 7) is 5.53. The van der Waals surface area contributed by atoms with Crippen LogP contribution in [-0.4, -0.2) is 76.7 Å². The Morgan fingerprint density at radius 2 is 1.07 bits per heavy atom. The number of carbonyl (C=O) groups excluding carboxylic acids is 1. The Balaban J connectivity index is 0.760. The van der Waals surface area contributed by atoms with Crippen molar-refractivity contribution in [1.82, 2.24) is 60.7 Å². The van der Waals surface area contributed by atoms with Crippen LogP contribution in [0.5, 0.6) is 11.5 Å². The predicted molar refractivity (Wildman–Crippen MR) is 247 cm³/mol. The SMILES string of the molecule is CCc1cc(O)c(F)cc1-c1ccc2c(-c3nc4c([nH]3)CN(c3ccnnc3C(=O)c3nnccc3N3Cc5nc(-c6n[nH]c7cc(-c8cc(F)c(O)cc8CC)ccc67)[nH]c5C3)C4)n[nH]c2c1. The van der Waals surface area contributed by atoms with Gasteiger partial charge in [-0.05, 0) is 107 Å². The summed E-state index contributed by atoms with van der Waals surface area (Å²) in [6.07, 6.45) is 4.34. The molecule has 4 aromatic carbocycles. The molecule has 2 aliphatic heterocycles. The van der Waals surface area contributed by atoms with Gasteiger partial charge in [-0.2, -0.15) is 20.4 Å². The van der Waals surface area contributed by atoms with Gasteiger partial charge in [-0.15, -0.1) is 10.2 Å². The minimum Gasteiger partial charge on any atom is -0.505 e. The van der Waals surface area contributed by atoms with E-state index in [0.717, 1.165) is 66.8 Å². The Bertz CT molecular complexity index is 3400. The van der Waals surface area contributed by atoms with Gasteiger partial charge in [0.15, 0.2) is 46.2 Å². The lowest BCUT2D eigenvalue weighted by molar-refractivity contribution is 0.102. The number of rotatable bonds is 10. The largest absolute Gasteiger partial charge is 0.505 e. The lowest BCUT2D eigenvalue weighted by Gasteiger charge is -2.21. The fourth-order valence-corrected chi connectivity index (χ4v) is 9.50. The molecular weight excluding hydrogens is 871 g/mol. The molecule has 2 aliphatic rings. The number of carbonyl (C=O) groups is 1. The van der Waals surface area contributed by atoms with Gasteiger partial charge in [-0.3, -0.25) is 15.0 Å². The van der Waals surface area contributed by atoms with Crippen LogP contribution in [0, 0.1) is 11.6 Å². The summed E-state index contributed by atoms with van der Waals surface area (Å²) < 4.78 is 28.8. The number of phenols is 2. The summed E-state index contributed by atoms with van der Waals surface area (Å²) in [5.41, 5.74) is 12.1. The zero-order chi connectivity index (χ0) is 46.4. The second-order valence-corrected chi connectivity index (χ2v) is 16.9. The van der Waals surface area contributed by atoms with Gasteiger partial charge in [0.2, 0.25) is 5.78 Å². The van der Waals surface area contributed by atoms with Crippen LogP contribution in [0.15, 0.2) is 85.2 Å². The molecule has 0 fully saturated rings. The van der Waals surface area contributed by atoms with E-state index in [1.807, 2.05) is 60.0 Å². The molecule has 6 aromatic heterocycles. The summed E-state index contributed by atoms with van der Waals surface area (Å²) in [7, 11) is 0. The van der Waals surface area contributed by atoms with Crippen LogP contribution in [-0.2, 0) is 39.0 Å². The van der Waals surface area contributed by atoms with Crippen molar-refractivity contribution in [2.75, 3.05) is 9.80 Å². The number of halogens is 2. The first-order valence-electron chi connectivity index (χ1n) is 22.0. The third-order valence-electron chi connectivity index (χ3n) is 12.9. The number of fused-ring (bicyclic) bond motifs is 4. The second kappa shape index (κ2) is 15.6. The molecule has 0 atom stereocenters. The number of aromatic nitrogens is 12. The first-order chi connectivity index (χ1) is 33.1. The van der Waals surface area contributed by atoms with Crippen LogP contribution >= 0.6 is 0 Å². The van der Waals surface area contributed by atoms with Crippen molar-refractivity contribution in [3.63, 3.8) is 0 Å². The number of hydrogen-bond donors (Lipinski definition) is 6. The summed E-state index contributed by atoms with van der Waals surface area (Å²) >= 11 is 0. The standard InChI is InChI=1S/C49H38F2N14O3/c1-3-23-15-41(66)31(50)17-29(23)25-5-7-27-33(13-25)58-62-43(27)48-54-35-19-64(20-36(35)55-48)39-9-11-52-60-45(39)47(68)46-40(10-12-53-61-46)65-21-37-38(22-65)57-49(56-37)44-28-8-6-26(14-34(28)59-63-44)30-18-32(51)42(67)16-24(30)4-2/h5-18,66-67H,3-4,19-22H2,1-2H3,(H,54,55)(H,56,57)(H,58,62)(H,59,63). The molecule has 0 saturated heterocycles. The fraction of sp³-hybridized carbons (Fsp3) is 0.163. The Morgan fingerprint density at radius 3 is 1.50 bits per heavy atom. The van der Waals surface area contributed by atoms with E-state index in [2.05, 4.69) is 50.8 Å². The molecule has 12 rings (SSSR count). The number of nitrogens with one attached hydrogen (secondary N) is 4. The van der Waals surface area contributed by atoms with Crippen LogP contribution in [0.25, 0.3) is 67.1 Å². The third kappa shape index (κ3) is 6.60. The van der Waals surface area contributed by atoms with E-state index in [9.17, 15) is 23.8 Å². The number of ketones is 1. The fourth-order valence-electron chi connectivity index (χ4n) is 9.50. The smallest absolute Gasteiger partial charge is 0.237 e. The molecule has 336 valence electrons. The van der Waals surface area contributed by atoms with E-state index in [-0.39, 0.29) is 22.9 Å². The molecule has 17 nitrogen and oxygen atoms in total. The van der Waals surface area contributed by atoms with Crippen molar-refractivity contribution in [2.45, 2.75) is 52.9 Å². The number of aryl methyl sites for hydroxylation is 2. The van der Waals surface area contributed by atoms with E-state index >= 15 is 0 Å². The highest BCUT2D eigenvalue weighted by Gasteiger charge is 2.33. The molecule has 0 radical (unpaired) electrons. The van der Waals surface area contributed by atoms with Crippen molar-refractivity contribution in [3.05, 3.63) is 142 Å². The highest BCUT2D eigenvalue weighted by molar-refractivity contribution is 6.12. The van der Waals surface area contributed by atoms with Gasteiger partial charge in [0, 0.05) is 10.8 Å². The average molecular weight is 909 g/mol. The van der Waals surface area contributed by atoms with Crippen molar-refractivity contribution >= 4 is 39.0 Å². The van der Waals surface area contributed by atoms with Gasteiger partial charge >= 0.3 is 0 Å². The van der Waals surface area contributed by atoms with Gasteiger partial charge in [0.25, 0.3) is 0 Å². The van der Waals surface area contributed by atoms with E-state index < -0.39 is 17.4 Å². The number of H-pyrrole nitrogens is 4. The molecule has 8 heterocycles. The molecule has 0 bridgehead atoms. The topological polar surface area (TPSA) is 230 Å². The zero-order valence-electron chi connectivity index (χ0n) is 36.4. The quantitative estimate of drug-likeness (QED) is 0.0712. The van der Waals surface area contributed by atoms with E-state index in [1.165, 1.54) is 24.3 Å². The Hall–Kier alpha value is -8.87. The number of aromatic hydroxyl groups is 2. The maximum absolute atomic E-state index is 14.5. The Kier molecular flexibility index (Phi) is 9.35. The summed E-state index contributed by atoms with van der Waals surface area (Å²) in [5, 5.41) is 53.7. The van der Waals surface area contributed by atoms with Crippen LogP contribution < -0.4 is 9.80 Å². The molecule has 6 N–H and O–H groups in total. The van der Waals surface area contributed by atoms with Crippen molar-refractivity contribution in [2.24, 2.45) is 0 Å². The van der Waals surface area contributed by atoms with Crippen LogP contribution in [0.4, 0.5) is 20.2 Å². The van der Waals surface area contributed by atoms with Crippen molar-refractivity contribution < 1.29 is 23.8 Å². The number of anilines is 2. The lowest BCUT2D eigenvalue weighted by atomic mass is 9.96. The molecule has 10 aromatic rings. The molecule has 68 heavy (non-hydrogen) atoms. The van der Waals surface area contributed by atoms with Gasteiger partial charge in [0.1, 0.15) is 11.4 Å². The zero-order valence-corrected chi connectivity index (χ0v) is 36.4. The molecular formula is C49H38F2N14O3. The van der Waals surface area contributed by atoms with Gasteiger partial charge in [-0.25, -0.2) is 18.7 Å². The maximum atomic E-state index is 14.5. The lowest BCUT2D eigenvalue weighted by Crippen LogP contribution is -2.24. The highest BCUT2D eigenvalue weighted by atomic mass is 19.1. The number of nitrogens with zero attached hydrogens (tertiary/aromatic N) is 10. The summed E-state index contributed by atoms with van der Waals surface area (Å²) in [4.78, 5) is 35.2. The van der Waals surface area contributed by atoms with E-state index in [0.29, 0.717) is 84.6 Å². The average Bonchev–Trinajstić information content (AvgIpc) is 4.22. The number of benzene rings is 4. The van der Waals surface area contributed by atoms with E-state index in [1.54, 1.807) is 24.5 Å². The predicted octanol–water partition coefficient (Wildman–Crippen LogP) is 8.22. The van der Waals surface area contributed by atoms with Gasteiger partial charge < -0.3 is 30.0 Å². The maximum Gasteiger partial charge on any atom is 0.237 e. The van der Waals surface area contributed by atoms with Crippen LogP contribution in [0.3, 0.4) is 0 Å². The Morgan fingerprint density at radius 1 is 0.618 bits per heavy atom. The van der Waals surface area contributed by atoms with Crippen molar-refractivity contribution in [3.8, 4) is 56.8 Å². The van der Waals surface area contributed by atoms with Crippen molar-refractivity contribution in [1.29, 1.82) is 0 Å². The minimum atomic E-state index is -0.677. The molecule has 0 amide bonds. The van der Waals surface area contributed by atoms with E-state index in [4.69, 9.17) is 9.97 Å². The van der Waals surface area contributed by atoms with Crippen LogP contribution in [0.1, 0.15) is 63.9 Å². The Labute approximate surface area is 384 Å². The van der Waals surface area contributed by atoms with Gasteiger partial charge in [-0.1, -0.05) is 26.0 Å². The normalized spacial score (nSPS) is 13.3. The number of phenolic OH excluding ortho intramolecular Hbond substituents is 2. The van der Waals surface area contributed by atoms with Gasteiger partial charge in [0.05, 0.1) is 83.8 Å². The number of hydrogen-bond acceptors (Lipinski definition) is 13. The third-order valence-corrected chi connectivity index (χ3v) is 12.9. The monoisotopic (exact) mass is 908 g/mol. The first-order valence-corrected chi connectivity index (χ1v) is 22.0. The number of aromatic amines is 4. The number of imidazole rings is 2.